The quantitative estimate of drug-likeness (QED) is 0.691. The van der Waals surface area contributed by atoms with Crippen LogP contribution in [0.4, 0.5) is 10.1 Å². The van der Waals surface area contributed by atoms with Crippen molar-refractivity contribution in [1.82, 2.24) is 0 Å². The fourth-order valence-corrected chi connectivity index (χ4v) is 1.64. The van der Waals surface area contributed by atoms with Gasteiger partial charge in [-0.25, -0.2) is 4.39 Å². The summed E-state index contributed by atoms with van der Waals surface area (Å²) in [7, 11) is 0. The summed E-state index contributed by atoms with van der Waals surface area (Å²) in [6.07, 6.45) is 1.79. The van der Waals surface area contributed by atoms with Crippen molar-refractivity contribution in [3.8, 4) is 0 Å². The second-order valence-electron chi connectivity index (χ2n) is 4.56. The molecule has 18 heavy (non-hydrogen) atoms. The van der Waals surface area contributed by atoms with Gasteiger partial charge in [0.05, 0.1) is 5.69 Å². The number of aliphatic imine (C=N–C) groups is 1. The molecule has 0 unspecified atom stereocenters. The zero-order valence-corrected chi connectivity index (χ0v) is 10.6. The fourth-order valence-electron chi connectivity index (χ4n) is 1.64. The van der Waals surface area contributed by atoms with Gasteiger partial charge in [-0.3, -0.25) is 4.99 Å². The van der Waals surface area contributed by atoms with E-state index in [9.17, 15) is 4.39 Å². The van der Waals surface area contributed by atoms with Crippen LogP contribution in [0.3, 0.4) is 0 Å². The van der Waals surface area contributed by atoms with Crippen LogP contribution in [0, 0.1) is 5.82 Å². The average Bonchev–Trinajstić information content (AvgIpc) is 2.38. The molecule has 0 amide bonds. The van der Waals surface area contributed by atoms with E-state index in [-0.39, 0.29) is 5.82 Å². The van der Waals surface area contributed by atoms with Crippen LogP contribution in [-0.2, 0) is 0 Å². The first-order valence-electron chi connectivity index (χ1n) is 6.05. The predicted octanol–water partition coefficient (Wildman–Crippen LogP) is 4.70. The van der Waals surface area contributed by atoms with E-state index in [0.29, 0.717) is 5.92 Å². The smallest absolute Gasteiger partial charge is 0.123 e. The van der Waals surface area contributed by atoms with Crippen molar-refractivity contribution in [1.29, 1.82) is 0 Å². The van der Waals surface area contributed by atoms with Gasteiger partial charge >= 0.3 is 0 Å². The van der Waals surface area contributed by atoms with Gasteiger partial charge in [-0.05, 0) is 41.3 Å². The molecule has 1 nitrogen and oxygen atoms in total. The molecule has 0 aromatic heterocycles. The number of rotatable bonds is 3. The van der Waals surface area contributed by atoms with E-state index in [2.05, 4.69) is 31.0 Å². The number of halogens is 1. The Morgan fingerprint density at radius 2 is 1.56 bits per heavy atom. The topological polar surface area (TPSA) is 12.4 Å². The van der Waals surface area contributed by atoms with Gasteiger partial charge in [0.1, 0.15) is 5.82 Å². The van der Waals surface area contributed by atoms with Crippen molar-refractivity contribution in [3.63, 3.8) is 0 Å². The number of nitrogens with zero attached hydrogens (tertiary/aromatic N) is 1. The van der Waals surface area contributed by atoms with E-state index >= 15 is 0 Å². The lowest BCUT2D eigenvalue weighted by Crippen LogP contribution is -1.87. The molecule has 0 aliphatic carbocycles. The van der Waals surface area contributed by atoms with Crippen molar-refractivity contribution >= 4 is 11.9 Å². The maximum atomic E-state index is 12.7. The highest BCUT2D eigenvalue weighted by Crippen LogP contribution is 2.15. The first-order chi connectivity index (χ1) is 8.65. The summed E-state index contributed by atoms with van der Waals surface area (Å²) in [6, 6.07) is 14.4. The lowest BCUT2D eigenvalue weighted by atomic mass is 10.0. The van der Waals surface area contributed by atoms with E-state index < -0.39 is 0 Å². The Hall–Kier alpha value is -1.96. The Morgan fingerprint density at radius 3 is 2.11 bits per heavy atom. The summed E-state index contributed by atoms with van der Waals surface area (Å²) in [5.74, 6) is 0.295. The summed E-state index contributed by atoms with van der Waals surface area (Å²) in [4.78, 5) is 4.30. The fraction of sp³-hybridized carbons (Fsp3) is 0.188. The zero-order valence-electron chi connectivity index (χ0n) is 10.6. The molecule has 0 radical (unpaired) electrons. The van der Waals surface area contributed by atoms with Crippen molar-refractivity contribution in [2.75, 3.05) is 0 Å². The normalized spacial score (nSPS) is 11.3. The molecule has 2 aromatic rings. The van der Waals surface area contributed by atoms with E-state index in [1.165, 1.54) is 17.7 Å². The van der Waals surface area contributed by atoms with Crippen molar-refractivity contribution in [2.24, 2.45) is 4.99 Å². The van der Waals surface area contributed by atoms with Gasteiger partial charge in [-0.2, -0.15) is 0 Å². The van der Waals surface area contributed by atoms with E-state index in [4.69, 9.17) is 0 Å². The van der Waals surface area contributed by atoms with Crippen molar-refractivity contribution in [3.05, 3.63) is 65.5 Å². The highest BCUT2D eigenvalue weighted by molar-refractivity contribution is 5.81. The Morgan fingerprint density at radius 1 is 0.944 bits per heavy atom. The first-order valence-corrected chi connectivity index (χ1v) is 6.05. The lowest BCUT2D eigenvalue weighted by molar-refractivity contribution is 0.628. The predicted molar refractivity (Wildman–Crippen MR) is 74.2 cm³/mol. The minimum atomic E-state index is -0.241. The third-order valence-corrected chi connectivity index (χ3v) is 2.79. The van der Waals surface area contributed by atoms with Crippen LogP contribution in [0.25, 0.3) is 0 Å². The summed E-state index contributed by atoms with van der Waals surface area (Å²) >= 11 is 0. The highest BCUT2D eigenvalue weighted by atomic mass is 19.1. The van der Waals surface area contributed by atoms with Gasteiger partial charge in [0.15, 0.2) is 0 Å². The van der Waals surface area contributed by atoms with Crippen LogP contribution in [0.5, 0.6) is 0 Å². The largest absolute Gasteiger partial charge is 0.256 e. The minimum Gasteiger partial charge on any atom is -0.256 e. The van der Waals surface area contributed by atoms with E-state index in [1.807, 2.05) is 12.1 Å². The summed E-state index contributed by atoms with van der Waals surface area (Å²) in [5, 5.41) is 0. The first kappa shape index (κ1) is 12.5. The molecule has 0 atom stereocenters. The van der Waals surface area contributed by atoms with Gasteiger partial charge in [0.25, 0.3) is 0 Å². The Kier molecular flexibility index (Phi) is 3.88. The maximum Gasteiger partial charge on any atom is 0.123 e. The van der Waals surface area contributed by atoms with Crippen LogP contribution < -0.4 is 0 Å². The van der Waals surface area contributed by atoms with E-state index in [0.717, 1.165) is 11.3 Å². The minimum absolute atomic E-state index is 0.241. The molecular formula is C16H16FN. The molecule has 0 saturated heterocycles. The number of hydrogen-bond donors (Lipinski definition) is 0. The molecule has 2 heteroatoms. The SMILES string of the molecule is CC(C)c1ccc(C=Nc2ccc(F)cc2)cc1. The Balaban J connectivity index is 2.11. The molecule has 0 heterocycles. The molecule has 0 saturated carbocycles. The maximum absolute atomic E-state index is 12.7. The van der Waals surface area contributed by atoms with Crippen LogP contribution in [0.2, 0.25) is 0 Å². The van der Waals surface area contributed by atoms with Crippen molar-refractivity contribution < 1.29 is 4.39 Å². The Bertz CT molecular complexity index is 524. The number of hydrogen-bond acceptors (Lipinski definition) is 1. The van der Waals surface area contributed by atoms with Gasteiger partial charge in [-0.15, -0.1) is 0 Å². The molecule has 0 bridgehead atoms. The molecule has 0 fully saturated rings. The van der Waals surface area contributed by atoms with Crippen LogP contribution in [0.1, 0.15) is 30.9 Å². The molecule has 0 aliphatic heterocycles. The number of benzene rings is 2. The third kappa shape index (κ3) is 3.27. The standard InChI is InChI=1S/C16H16FN/c1-12(2)14-5-3-13(4-6-14)11-18-16-9-7-15(17)8-10-16/h3-12H,1-2H3. The molecule has 2 aromatic carbocycles. The molecule has 2 rings (SSSR count). The molecule has 0 N–H and O–H groups in total. The third-order valence-electron chi connectivity index (χ3n) is 2.79. The highest BCUT2D eigenvalue weighted by Gasteiger charge is 1.97. The molecule has 92 valence electrons. The zero-order chi connectivity index (χ0) is 13.0. The molecule has 0 spiro atoms. The summed E-state index contributed by atoms with van der Waals surface area (Å²) < 4.78 is 12.7. The van der Waals surface area contributed by atoms with Crippen LogP contribution in [0.15, 0.2) is 53.5 Å². The Labute approximate surface area is 107 Å². The average molecular weight is 241 g/mol. The second-order valence-corrected chi connectivity index (χ2v) is 4.56. The lowest BCUT2D eigenvalue weighted by Gasteiger charge is -2.04. The monoisotopic (exact) mass is 241 g/mol. The summed E-state index contributed by atoms with van der Waals surface area (Å²) in [6.45, 7) is 4.34. The second kappa shape index (κ2) is 5.58. The van der Waals surface area contributed by atoms with E-state index in [1.54, 1.807) is 18.3 Å². The van der Waals surface area contributed by atoms with Gasteiger partial charge in [-0.1, -0.05) is 38.1 Å². The van der Waals surface area contributed by atoms with Gasteiger partial charge < -0.3 is 0 Å². The molecule has 0 aliphatic rings. The van der Waals surface area contributed by atoms with Crippen LogP contribution >= 0.6 is 0 Å². The van der Waals surface area contributed by atoms with Gasteiger partial charge in [0, 0.05) is 6.21 Å². The summed E-state index contributed by atoms with van der Waals surface area (Å²) in [5.41, 5.74) is 3.11. The van der Waals surface area contributed by atoms with Gasteiger partial charge in [0.2, 0.25) is 0 Å². The molecular weight excluding hydrogens is 225 g/mol. The van der Waals surface area contributed by atoms with Crippen molar-refractivity contribution in [2.45, 2.75) is 19.8 Å². The van der Waals surface area contributed by atoms with Crippen LogP contribution in [-0.4, -0.2) is 6.21 Å².